The van der Waals surface area contributed by atoms with Gasteiger partial charge in [0.15, 0.2) is 0 Å². The highest BCUT2D eigenvalue weighted by Gasteiger charge is 2.18. The van der Waals surface area contributed by atoms with Gasteiger partial charge in [-0.25, -0.2) is 4.79 Å². The molecule has 0 fully saturated rings. The van der Waals surface area contributed by atoms with E-state index in [9.17, 15) is 19.2 Å². The van der Waals surface area contributed by atoms with Gasteiger partial charge in [-0.2, -0.15) is 0 Å². The first-order valence-electron chi connectivity index (χ1n) is 9.61. The Kier molecular flexibility index (Phi) is 10.7. The van der Waals surface area contributed by atoms with Gasteiger partial charge in [0.2, 0.25) is 5.91 Å². The number of nitrogens with one attached hydrogen (secondary N) is 3. The Morgan fingerprint density at radius 3 is 2.35 bits per heavy atom. The Labute approximate surface area is 185 Å². The average molecular weight is 446 g/mol. The van der Waals surface area contributed by atoms with E-state index in [1.807, 2.05) is 0 Å². The van der Waals surface area contributed by atoms with Crippen molar-refractivity contribution in [1.82, 2.24) is 10.6 Å². The molecular formula is C22H27N3O5S. The fraction of sp³-hybridized carbons (Fsp3) is 0.273. The van der Waals surface area contributed by atoms with E-state index in [1.165, 1.54) is 29.9 Å². The summed E-state index contributed by atoms with van der Waals surface area (Å²) >= 11 is 1.28. The van der Waals surface area contributed by atoms with Crippen molar-refractivity contribution in [3.63, 3.8) is 0 Å². The van der Waals surface area contributed by atoms with E-state index < -0.39 is 23.8 Å². The molecule has 1 heterocycles. The van der Waals surface area contributed by atoms with Crippen LogP contribution in [0.5, 0.6) is 0 Å². The Hall–Kier alpha value is -3.46. The third-order valence-electron chi connectivity index (χ3n) is 3.70. The largest absolute Gasteiger partial charge is 0.479 e. The molecule has 0 bridgehead atoms. The molecular weight excluding hydrogens is 418 g/mol. The molecule has 0 aliphatic heterocycles. The minimum atomic E-state index is -1.21. The smallest absolute Gasteiger partial charge is 0.330 e. The third kappa shape index (κ3) is 8.43. The minimum absolute atomic E-state index is 0.197. The van der Waals surface area contributed by atoms with Crippen LogP contribution in [0.1, 0.15) is 45.9 Å². The second-order valence-electron chi connectivity index (χ2n) is 6.47. The fourth-order valence-corrected chi connectivity index (χ4v) is 2.94. The number of aliphatic carboxylic acids is 1. The summed E-state index contributed by atoms with van der Waals surface area (Å²) in [4.78, 5) is 47.5. The van der Waals surface area contributed by atoms with Crippen LogP contribution in [0, 0.1) is 6.92 Å². The number of carbonyl (C=O) groups is 4. The molecule has 31 heavy (non-hydrogen) atoms. The Morgan fingerprint density at radius 2 is 1.84 bits per heavy atom. The maximum atomic E-state index is 12.2. The summed E-state index contributed by atoms with van der Waals surface area (Å²) in [6, 6.07) is 6.78. The van der Waals surface area contributed by atoms with Crippen molar-refractivity contribution in [2.45, 2.75) is 33.2 Å². The molecule has 0 spiro atoms. The second-order valence-corrected chi connectivity index (χ2v) is 7.42. The molecule has 2 rings (SSSR count). The van der Waals surface area contributed by atoms with Crippen LogP contribution in [0.3, 0.4) is 0 Å². The third-order valence-corrected chi connectivity index (χ3v) is 4.57. The number of benzene rings is 1. The summed E-state index contributed by atoms with van der Waals surface area (Å²) in [5.74, 6) is -2.52. The molecule has 1 aromatic heterocycles. The molecule has 4 N–H and O–H groups in total. The quantitative estimate of drug-likeness (QED) is 0.465. The Balaban J connectivity index is 0.00000151. The predicted molar refractivity (Wildman–Crippen MR) is 122 cm³/mol. The SMILES string of the molecule is C=CC(NC(=O)c1ccc(NC(=O)CNC(=O)c2cccs2)cc1C)C(=O)O.CCC. The van der Waals surface area contributed by atoms with E-state index in [1.54, 1.807) is 30.5 Å². The summed E-state index contributed by atoms with van der Waals surface area (Å²) in [7, 11) is 0. The monoisotopic (exact) mass is 445 g/mol. The summed E-state index contributed by atoms with van der Waals surface area (Å²) in [6.45, 7) is 9.08. The summed E-state index contributed by atoms with van der Waals surface area (Å²) < 4.78 is 0. The highest BCUT2D eigenvalue weighted by atomic mass is 32.1. The number of thiophene rings is 1. The number of rotatable bonds is 8. The number of hydrogen-bond donors (Lipinski definition) is 4. The van der Waals surface area contributed by atoms with E-state index in [0.29, 0.717) is 16.1 Å². The summed E-state index contributed by atoms with van der Waals surface area (Å²) in [6.07, 6.45) is 2.37. The van der Waals surface area contributed by atoms with Crippen molar-refractivity contribution >= 4 is 40.7 Å². The fourth-order valence-electron chi connectivity index (χ4n) is 2.30. The minimum Gasteiger partial charge on any atom is -0.479 e. The molecule has 1 atom stereocenters. The number of carboxylic acids is 1. The number of hydrogen-bond acceptors (Lipinski definition) is 5. The molecule has 0 saturated heterocycles. The van der Waals surface area contributed by atoms with Crippen molar-refractivity contribution < 1.29 is 24.3 Å². The zero-order valence-electron chi connectivity index (χ0n) is 17.7. The highest BCUT2D eigenvalue weighted by molar-refractivity contribution is 7.12. The lowest BCUT2D eigenvalue weighted by molar-refractivity contribution is -0.137. The van der Waals surface area contributed by atoms with Crippen LogP contribution in [0.2, 0.25) is 0 Å². The number of carbonyl (C=O) groups excluding carboxylic acids is 3. The van der Waals surface area contributed by atoms with Crippen molar-refractivity contribution in [2.24, 2.45) is 0 Å². The summed E-state index contributed by atoms with van der Waals surface area (Å²) in [5.41, 5.74) is 1.27. The molecule has 0 aliphatic carbocycles. The maximum Gasteiger partial charge on any atom is 0.330 e. The van der Waals surface area contributed by atoms with Crippen LogP contribution >= 0.6 is 11.3 Å². The van der Waals surface area contributed by atoms with Crippen molar-refractivity contribution in [3.8, 4) is 0 Å². The Bertz CT molecular complexity index is 925. The maximum absolute atomic E-state index is 12.2. The van der Waals surface area contributed by atoms with Crippen LogP contribution < -0.4 is 16.0 Å². The molecule has 166 valence electrons. The molecule has 8 nitrogen and oxygen atoms in total. The van der Waals surface area contributed by atoms with Gasteiger partial charge in [0, 0.05) is 11.3 Å². The van der Waals surface area contributed by atoms with Gasteiger partial charge >= 0.3 is 5.97 Å². The van der Waals surface area contributed by atoms with E-state index in [0.717, 1.165) is 6.08 Å². The van der Waals surface area contributed by atoms with Crippen LogP contribution in [0.25, 0.3) is 0 Å². The van der Waals surface area contributed by atoms with Gasteiger partial charge in [-0.15, -0.1) is 17.9 Å². The molecule has 1 aromatic carbocycles. The lowest BCUT2D eigenvalue weighted by Gasteiger charge is -2.13. The van der Waals surface area contributed by atoms with E-state index in [4.69, 9.17) is 5.11 Å². The molecule has 1 unspecified atom stereocenters. The Morgan fingerprint density at radius 1 is 1.16 bits per heavy atom. The summed E-state index contributed by atoms with van der Waals surface area (Å²) in [5, 5.41) is 18.2. The molecule has 0 saturated carbocycles. The van der Waals surface area contributed by atoms with E-state index >= 15 is 0 Å². The molecule has 9 heteroatoms. The topological polar surface area (TPSA) is 125 Å². The first-order chi connectivity index (χ1) is 14.7. The highest BCUT2D eigenvalue weighted by Crippen LogP contribution is 2.15. The van der Waals surface area contributed by atoms with Crippen LogP contribution in [0.4, 0.5) is 5.69 Å². The zero-order valence-corrected chi connectivity index (χ0v) is 18.5. The number of carboxylic acid groups (broad SMARTS) is 1. The van der Waals surface area contributed by atoms with E-state index in [-0.39, 0.29) is 18.0 Å². The molecule has 2 aromatic rings. The second kappa shape index (κ2) is 13.0. The lowest BCUT2D eigenvalue weighted by Crippen LogP contribution is -2.39. The first-order valence-corrected chi connectivity index (χ1v) is 10.5. The molecule has 0 radical (unpaired) electrons. The standard InChI is InChI=1S/C19H19N3O5S.C3H8/c1-3-14(19(26)27)22-17(24)13-7-6-12(9-11(13)2)21-16(23)10-20-18(25)15-5-4-8-28-15;1-3-2/h3-9,14H,1,10H2,2H3,(H,20,25)(H,21,23)(H,22,24)(H,26,27);3H2,1-2H3. The molecule has 0 aliphatic rings. The van der Waals surface area contributed by atoms with Crippen LogP contribution in [-0.4, -0.2) is 41.4 Å². The normalized spacial score (nSPS) is 10.7. The van der Waals surface area contributed by atoms with Gasteiger partial charge in [-0.3, -0.25) is 14.4 Å². The van der Waals surface area contributed by atoms with Gasteiger partial charge in [0.05, 0.1) is 11.4 Å². The molecule has 3 amide bonds. The van der Waals surface area contributed by atoms with E-state index in [2.05, 4.69) is 36.4 Å². The average Bonchev–Trinajstić information content (AvgIpc) is 3.25. The van der Waals surface area contributed by atoms with Gasteiger partial charge in [0.1, 0.15) is 6.04 Å². The predicted octanol–water partition coefficient (Wildman–Crippen LogP) is 3.21. The number of amides is 3. The van der Waals surface area contributed by atoms with Crippen molar-refractivity contribution in [3.05, 3.63) is 64.4 Å². The van der Waals surface area contributed by atoms with Crippen LogP contribution in [0.15, 0.2) is 48.4 Å². The van der Waals surface area contributed by atoms with Gasteiger partial charge in [0.25, 0.3) is 11.8 Å². The zero-order chi connectivity index (χ0) is 23.4. The number of anilines is 1. The number of aryl methyl sites for hydroxylation is 1. The van der Waals surface area contributed by atoms with Crippen LogP contribution in [-0.2, 0) is 9.59 Å². The first kappa shape index (κ1) is 25.6. The van der Waals surface area contributed by atoms with Crippen molar-refractivity contribution in [2.75, 3.05) is 11.9 Å². The van der Waals surface area contributed by atoms with Gasteiger partial charge < -0.3 is 21.1 Å². The van der Waals surface area contributed by atoms with Gasteiger partial charge in [-0.1, -0.05) is 32.4 Å². The van der Waals surface area contributed by atoms with Gasteiger partial charge in [-0.05, 0) is 42.1 Å². The lowest BCUT2D eigenvalue weighted by atomic mass is 10.1. The van der Waals surface area contributed by atoms with Crippen molar-refractivity contribution in [1.29, 1.82) is 0 Å².